The van der Waals surface area contributed by atoms with Crippen LogP contribution in [0.2, 0.25) is 0 Å². The summed E-state index contributed by atoms with van der Waals surface area (Å²) in [5.74, 6) is -5.34. The molecular weight excluding hydrogens is 330 g/mol. The minimum atomic E-state index is -2.48. The fourth-order valence-corrected chi connectivity index (χ4v) is 2.18. The summed E-state index contributed by atoms with van der Waals surface area (Å²) >= 11 is 0. The lowest BCUT2D eigenvalue weighted by Gasteiger charge is -2.29. The molecule has 0 aromatic heterocycles. The van der Waals surface area contributed by atoms with Crippen LogP contribution < -0.4 is 5.73 Å². The van der Waals surface area contributed by atoms with E-state index in [9.17, 15) is 29.7 Å². The van der Waals surface area contributed by atoms with Crippen molar-refractivity contribution in [2.75, 3.05) is 0 Å². The normalized spacial score (nSPS) is 15.0. The molecule has 0 saturated carbocycles. The molecule has 138 valence electrons. The molecule has 0 amide bonds. The molecule has 0 heterocycles. The van der Waals surface area contributed by atoms with Crippen LogP contribution >= 0.6 is 0 Å². The van der Waals surface area contributed by atoms with Crippen molar-refractivity contribution >= 4 is 17.9 Å². The number of rotatable bonds is 7. The van der Waals surface area contributed by atoms with Crippen LogP contribution in [0.3, 0.4) is 0 Å². The lowest BCUT2D eigenvalue weighted by atomic mass is 9.84. The van der Waals surface area contributed by atoms with Gasteiger partial charge in [0.1, 0.15) is 11.4 Å². The van der Waals surface area contributed by atoms with E-state index in [4.69, 9.17) is 10.5 Å². The third kappa shape index (κ3) is 5.75. The second kappa shape index (κ2) is 7.52. The van der Waals surface area contributed by atoms with Crippen molar-refractivity contribution in [3.8, 4) is 5.75 Å². The van der Waals surface area contributed by atoms with Gasteiger partial charge in [0.25, 0.3) is 0 Å². The first-order valence-corrected chi connectivity index (χ1v) is 7.61. The molecule has 5 N–H and O–H groups in total. The monoisotopic (exact) mass is 353 g/mol. The smallest absolute Gasteiger partial charge is 0.338 e. The molecule has 8 heteroatoms. The highest BCUT2D eigenvalue weighted by Crippen LogP contribution is 2.24. The van der Waals surface area contributed by atoms with Crippen molar-refractivity contribution in [1.29, 1.82) is 0 Å². The Morgan fingerprint density at radius 2 is 1.64 bits per heavy atom. The Kier molecular flexibility index (Phi) is 6.15. The number of hydrogen-bond acceptors (Lipinski definition) is 6. The van der Waals surface area contributed by atoms with E-state index < -0.39 is 41.4 Å². The Morgan fingerprint density at radius 3 is 2.04 bits per heavy atom. The molecule has 0 unspecified atom stereocenters. The van der Waals surface area contributed by atoms with Gasteiger partial charge in [0.05, 0.1) is 5.92 Å². The van der Waals surface area contributed by atoms with Gasteiger partial charge < -0.3 is 25.8 Å². The van der Waals surface area contributed by atoms with Crippen molar-refractivity contribution in [2.24, 2.45) is 11.7 Å². The standard InChI is InChI=1S/C17H23NO7/c1-16(2,3)25-15(24)17(18,14(22)23)9-11(13(20)21)8-10-4-6-12(19)7-5-10/h4-7,11,19H,8-9,18H2,1-3H3,(H,20,21)(H,22,23)/t11-,17-/m0/s1. The first kappa shape index (κ1) is 20.4. The number of ether oxygens (including phenoxy) is 1. The van der Waals surface area contributed by atoms with Gasteiger partial charge in [-0.2, -0.15) is 0 Å². The van der Waals surface area contributed by atoms with Gasteiger partial charge in [-0.15, -0.1) is 0 Å². The van der Waals surface area contributed by atoms with E-state index in [1.165, 1.54) is 24.3 Å². The molecule has 0 fully saturated rings. The zero-order valence-corrected chi connectivity index (χ0v) is 14.4. The van der Waals surface area contributed by atoms with Gasteiger partial charge in [-0.25, -0.2) is 9.59 Å². The second-order valence-corrected chi connectivity index (χ2v) is 6.89. The van der Waals surface area contributed by atoms with Crippen LogP contribution in [0.4, 0.5) is 0 Å². The van der Waals surface area contributed by atoms with Gasteiger partial charge in [-0.05, 0) is 44.9 Å². The highest BCUT2D eigenvalue weighted by atomic mass is 16.6. The average Bonchev–Trinajstić information content (AvgIpc) is 2.46. The van der Waals surface area contributed by atoms with Gasteiger partial charge in [0, 0.05) is 6.42 Å². The Bertz CT molecular complexity index is 648. The summed E-state index contributed by atoms with van der Waals surface area (Å²) in [5, 5.41) is 28.0. The second-order valence-electron chi connectivity index (χ2n) is 6.89. The molecular formula is C17H23NO7. The van der Waals surface area contributed by atoms with E-state index in [0.717, 1.165) is 0 Å². The van der Waals surface area contributed by atoms with Gasteiger partial charge >= 0.3 is 17.9 Å². The van der Waals surface area contributed by atoms with Crippen molar-refractivity contribution in [1.82, 2.24) is 0 Å². The van der Waals surface area contributed by atoms with Crippen molar-refractivity contribution in [2.45, 2.75) is 44.8 Å². The lowest BCUT2D eigenvalue weighted by molar-refractivity contribution is -0.170. The van der Waals surface area contributed by atoms with E-state index in [1.807, 2.05) is 0 Å². The number of carbonyl (C=O) groups excluding carboxylic acids is 1. The van der Waals surface area contributed by atoms with Crippen LogP contribution in [0.5, 0.6) is 5.75 Å². The number of carboxylic acids is 2. The molecule has 8 nitrogen and oxygen atoms in total. The Morgan fingerprint density at radius 1 is 1.12 bits per heavy atom. The third-order valence-corrected chi connectivity index (χ3v) is 3.48. The number of phenols is 1. The summed E-state index contributed by atoms with van der Waals surface area (Å²) in [7, 11) is 0. The maximum Gasteiger partial charge on any atom is 0.338 e. The van der Waals surface area contributed by atoms with Gasteiger partial charge in [-0.1, -0.05) is 12.1 Å². The van der Waals surface area contributed by atoms with E-state index in [0.29, 0.717) is 5.56 Å². The maximum absolute atomic E-state index is 12.2. The molecule has 0 aliphatic rings. The minimum Gasteiger partial charge on any atom is -0.508 e. The molecule has 0 saturated heterocycles. The summed E-state index contributed by atoms with van der Waals surface area (Å²) in [4.78, 5) is 35.3. The summed E-state index contributed by atoms with van der Waals surface area (Å²) in [6.07, 6.45) is -0.682. The Balaban J connectivity index is 3.05. The number of hydrogen-bond donors (Lipinski definition) is 4. The molecule has 25 heavy (non-hydrogen) atoms. The predicted octanol–water partition coefficient (Wildman–Crippen LogP) is 1.15. The molecule has 0 radical (unpaired) electrons. The maximum atomic E-state index is 12.2. The van der Waals surface area contributed by atoms with Crippen LogP contribution in [0.15, 0.2) is 24.3 Å². The van der Waals surface area contributed by atoms with Crippen molar-refractivity contribution in [3.63, 3.8) is 0 Å². The largest absolute Gasteiger partial charge is 0.508 e. The van der Waals surface area contributed by atoms with E-state index >= 15 is 0 Å². The molecule has 1 rings (SSSR count). The summed E-state index contributed by atoms with van der Waals surface area (Å²) in [6.45, 7) is 4.66. The van der Waals surface area contributed by atoms with E-state index in [2.05, 4.69) is 0 Å². The summed E-state index contributed by atoms with van der Waals surface area (Å²) < 4.78 is 5.04. The molecule has 0 spiro atoms. The highest BCUT2D eigenvalue weighted by Gasteiger charge is 2.48. The molecule has 0 aliphatic carbocycles. The number of aliphatic carboxylic acids is 2. The Hall–Kier alpha value is -2.61. The molecule has 1 aromatic rings. The fraction of sp³-hybridized carbons (Fsp3) is 0.471. The van der Waals surface area contributed by atoms with Crippen LogP contribution in [0.25, 0.3) is 0 Å². The number of benzene rings is 1. The molecule has 0 aliphatic heterocycles. The van der Waals surface area contributed by atoms with E-state index in [-0.39, 0.29) is 12.2 Å². The lowest BCUT2D eigenvalue weighted by Crippen LogP contribution is -2.58. The summed E-state index contributed by atoms with van der Waals surface area (Å²) in [6, 6.07) is 5.79. The number of nitrogens with two attached hydrogens (primary N) is 1. The third-order valence-electron chi connectivity index (χ3n) is 3.48. The zero-order chi connectivity index (χ0) is 19.4. The highest BCUT2D eigenvalue weighted by molar-refractivity contribution is 6.04. The van der Waals surface area contributed by atoms with Crippen molar-refractivity contribution in [3.05, 3.63) is 29.8 Å². The first-order chi connectivity index (χ1) is 11.3. The number of aromatic hydroxyl groups is 1. The zero-order valence-electron chi connectivity index (χ0n) is 14.4. The number of carbonyl (C=O) groups is 3. The van der Waals surface area contributed by atoms with Gasteiger partial charge in [0.2, 0.25) is 5.54 Å². The van der Waals surface area contributed by atoms with Crippen molar-refractivity contribution < 1.29 is 34.4 Å². The predicted molar refractivity (Wildman–Crippen MR) is 88.0 cm³/mol. The van der Waals surface area contributed by atoms with Crippen LogP contribution in [0, 0.1) is 5.92 Å². The SMILES string of the molecule is CC(C)(C)OC(=O)[C@](N)(C[C@H](Cc1ccc(O)cc1)C(=O)O)C(=O)O. The Labute approximate surface area is 145 Å². The number of phenolic OH excluding ortho intramolecular Hbond substituents is 1. The quantitative estimate of drug-likeness (QED) is 0.421. The molecule has 0 bridgehead atoms. The van der Waals surface area contributed by atoms with Gasteiger partial charge in [0.15, 0.2) is 0 Å². The molecule has 2 atom stereocenters. The number of esters is 1. The van der Waals surface area contributed by atoms with Crippen LogP contribution in [0.1, 0.15) is 32.8 Å². The first-order valence-electron chi connectivity index (χ1n) is 7.61. The summed E-state index contributed by atoms with van der Waals surface area (Å²) in [5.41, 5.74) is 2.84. The average molecular weight is 353 g/mol. The minimum absolute atomic E-state index is 0.0167. The number of carboxylic acid groups (broad SMARTS) is 2. The van der Waals surface area contributed by atoms with Gasteiger partial charge in [-0.3, -0.25) is 4.79 Å². The molecule has 1 aromatic carbocycles. The topological polar surface area (TPSA) is 147 Å². The van der Waals surface area contributed by atoms with Crippen LogP contribution in [-0.2, 0) is 25.5 Å². The fourth-order valence-electron chi connectivity index (χ4n) is 2.18. The van der Waals surface area contributed by atoms with Crippen LogP contribution in [-0.4, -0.2) is 44.4 Å². The van der Waals surface area contributed by atoms with E-state index in [1.54, 1.807) is 20.8 Å².